The molecule has 1 spiro atoms. The number of hydrogen-bond donors (Lipinski definition) is 0. The van der Waals surface area contributed by atoms with Crippen LogP contribution in [0.2, 0.25) is 0 Å². The Labute approximate surface area is 98.5 Å². The Kier molecular flexibility index (Phi) is 2.96. The molecular formula is C12H16F3NO. The summed E-state index contributed by atoms with van der Waals surface area (Å²) in [7, 11) is 0. The van der Waals surface area contributed by atoms with Gasteiger partial charge in [0.05, 0.1) is 5.92 Å². The summed E-state index contributed by atoms with van der Waals surface area (Å²) < 4.78 is 38.8. The molecule has 1 saturated carbocycles. The van der Waals surface area contributed by atoms with Gasteiger partial charge in [-0.2, -0.15) is 13.2 Å². The van der Waals surface area contributed by atoms with Crippen LogP contribution in [0, 0.1) is 11.3 Å². The normalized spacial score (nSPS) is 27.7. The summed E-state index contributed by atoms with van der Waals surface area (Å²) in [6, 6.07) is 0. The van der Waals surface area contributed by atoms with E-state index in [-0.39, 0.29) is 25.4 Å². The van der Waals surface area contributed by atoms with Crippen molar-refractivity contribution in [3.63, 3.8) is 0 Å². The summed E-state index contributed by atoms with van der Waals surface area (Å²) in [5.41, 5.74) is -0.713. The summed E-state index contributed by atoms with van der Waals surface area (Å²) in [5.74, 6) is -1.49. The van der Waals surface area contributed by atoms with Crippen molar-refractivity contribution < 1.29 is 18.0 Å². The van der Waals surface area contributed by atoms with E-state index in [1.165, 1.54) is 11.0 Å². The van der Waals surface area contributed by atoms with E-state index in [4.69, 9.17) is 0 Å². The summed E-state index contributed by atoms with van der Waals surface area (Å²) in [4.78, 5) is 13.0. The minimum absolute atomic E-state index is 0.0308. The third-order valence-corrected chi connectivity index (χ3v) is 4.16. The number of carbonyl (C=O) groups excluding carboxylic acids is 1. The number of nitrogens with zero attached hydrogens (tertiary/aromatic N) is 1. The standard InChI is InChI=1S/C12H16F3NO/c1-2-10(17)16-7-4-9(12(13,14)15)11(8-16)5-3-6-11/h2,9H,1,3-8H2. The number of piperidine rings is 1. The Balaban J connectivity index is 2.15. The molecule has 1 aliphatic heterocycles. The van der Waals surface area contributed by atoms with Crippen LogP contribution in [-0.2, 0) is 4.79 Å². The lowest BCUT2D eigenvalue weighted by molar-refractivity contribution is -0.237. The third kappa shape index (κ3) is 2.07. The second-order valence-electron chi connectivity index (χ2n) is 5.06. The van der Waals surface area contributed by atoms with Crippen LogP contribution in [0.5, 0.6) is 0 Å². The van der Waals surface area contributed by atoms with E-state index in [0.717, 1.165) is 6.42 Å². The third-order valence-electron chi connectivity index (χ3n) is 4.16. The van der Waals surface area contributed by atoms with Crippen LogP contribution in [-0.4, -0.2) is 30.1 Å². The molecule has 1 heterocycles. The number of alkyl halides is 3. The molecule has 2 nitrogen and oxygen atoms in total. The Bertz CT molecular complexity index is 333. The van der Waals surface area contributed by atoms with Gasteiger partial charge in [-0.3, -0.25) is 4.79 Å². The Morgan fingerprint density at radius 2 is 2.06 bits per heavy atom. The SMILES string of the molecule is C=CC(=O)N1CCC(C(F)(F)F)C2(CCC2)C1. The van der Waals surface area contributed by atoms with E-state index in [1.807, 2.05) is 0 Å². The molecule has 0 aromatic rings. The molecule has 2 rings (SSSR count). The monoisotopic (exact) mass is 247 g/mol. The minimum Gasteiger partial charge on any atom is -0.339 e. The Morgan fingerprint density at radius 1 is 1.41 bits per heavy atom. The molecule has 0 aromatic heterocycles. The molecule has 0 N–H and O–H groups in total. The number of amides is 1. The van der Waals surface area contributed by atoms with Gasteiger partial charge in [-0.25, -0.2) is 0 Å². The predicted octanol–water partition coefficient (Wildman–Crippen LogP) is 2.75. The second kappa shape index (κ2) is 4.03. The number of rotatable bonds is 1. The number of hydrogen-bond acceptors (Lipinski definition) is 1. The maximum atomic E-state index is 12.9. The van der Waals surface area contributed by atoms with Crippen molar-refractivity contribution in [2.24, 2.45) is 11.3 Å². The van der Waals surface area contributed by atoms with E-state index in [2.05, 4.69) is 6.58 Å². The fourth-order valence-electron chi connectivity index (χ4n) is 3.13. The van der Waals surface area contributed by atoms with Crippen LogP contribution in [0.25, 0.3) is 0 Å². The zero-order valence-electron chi connectivity index (χ0n) is 9.59. The van der Waals surface area contributed by atoms with Crippen LogP contribution in [0.15, 0.2) is 12.7 Å². The lowest BCUT2D eigenvalue weighted by atomic mass is 9.58. The van der Waals surface area contributed by atoms with E-state index in [0.29, 0.717) is 12.8 Å². The van der Waals surface area contributed by atoms with Crippen LogP contribution in [0.4, 0.5) is 13.2 Å². The van der Waals surface area contributed by atoms with E-state index in [9.17, 15) is 18.0 Å². The van der Waals surface area contributed by atoms with Crippen LogP contribution >= 0.6 is 0 Å². The lowest BCUT2D eigenvalue weighted by Gasteiger charge is -2.54. The molecule has 96 valence electrons. The highest BCUT2D eigenvalue weighted by Gasteiger charge is 2.58. The van der Waals surface area contributed by atoms with Crippen molar-refractivity contribution in [2.75, 3.05) is 13.1 Å². The molecule has 0 aromatic carbocycles. The number of carbonyl (C=O) groups is 1. The Hall–Kier alpha value is -1.00. The number of likely N-dealkylation sites (tertiary alicyclic amines) is 1. The average molecular weight is 247 g/mol. The quantitative estimate of drug-likeness (QED) is 0.652. The fraction of sp³-hybridized carbons (Fsp3) is 0.750. The zero-order chi connectivity index (χ0) is 12.7. The van der Waals surface area contributed by atoms with Gasteiger partial charge < -0.3 is 4.90 Å². The van der Waals surface area contributed by atoms with Crippen molar-refractivity contribution in [3.8, 4) is 0 Å². The summed E-state index contributed by atoms with van der Waals surface area (Å²) >= 11 is 0. The molecule has 0 radical (unpaired) electrons. The van der Waals surface area contributed by atoms with Crippen LogP contribution < -0.4 is 0 Å². The van der Waals surface area contributed by atoms with Gasteiger partial charge in [-0.15, -0.1) is 0 Å². The minimum atomic E-state index is -4.14. The Morgan fingerprint density at radius 3 is 2.47 bits per heavy atom. The van der Waals surface area contributed by atoms with Gasteiger partial charge in [0.1, 0.15) is 0 Å². The van der Waals surface area contributed by atoms with Crippen LogP contribution in [0.3, 0.4) is 0 Å². The summed E-state index contributed by atoms with van der Waals surface area (Å²) in [6.07, 6.45) is -0.925. The molecule has 5 heteroatoms. The lowest BCUT2D eigenvalue weighted by Crippen LogP contribution is -2.57. The number of halogens is 3. The first kappa shape index (κ1) is 12.5. The van der Waals surface area contributed by atoms with E-state index in [1.54, 1.807) is 0 Å². The molecule has 1 aliphatic carbocycles. The molecule has 1 unspecified atom stereocenters. The van der Waals surface area contributed by atoms with Crippen molar-refractivity contribution in [1.29, 1.82) is 0 Å². The highest BCUT2D eigenvalue weighted by molar-refractivity contribution is 5.87. The molecule has 17 heavy (non-hydrogen) atoms. The van der Waals surface area contributed by atoms with Crippen LogP contribution in [0.1, 0.15) is 25.7 Å². The van der Waals surface area contributed by atoms with E-state index < -0.39 is 17.5 Å². The summed E-state index contributed by atoms with van der Waals surface area (Å²) in [5, 5.41) is 0. The first-order valence-electron chi connectivity index (χ1n) is 5.87. The molecule has 2 fully saturated rings. The average Bonchev–Trinajstić information content (AvgIpc) is 2.23. The molecule has 1 saturated heterocycles. The van der Waals surface area contributed by atoms with Gasteiger partial charge in [0.25, 0.3) is 0 Å². The molecule has 2 aliphatic rings. The first-order chi connectivity index (χ1) is 7.89. The van der Waals surface area contributed by atoms with Gasteiger partial charge in [-0.05, 0) is 30.8 Å². The largest absolute Gasteiger partial charge is 0.392 e. The highest BCUT2D eigenvalue weighted by Crippen LogP contribution is 2.56. The fourth-order valence-corrected chi connectivity index (χ4v) is 3.13. The van der Waals surface area contributed by atoms with Gasteiger partial charge in [0, 0.05) is 13.1 Å². The second-order valence-corrected chi connectivity index (χ2v) is 5.06. The molecule has 0 bridgehead atoms. The maximum absolute atomic E-state index is 12.9. The van der Waals surface area contributed by atoms with Gasteiger partial charge in [0.15, 0.2) is 0 Å². The smallest absolute Gasteiger partial charge is 0.339 e. The van der Waals surface area contributed by atoms with Crippen molar-refractivity contribution in [1.82, 2.24) is 4.90 Å². The molecular weight excluding hydrogens is 231 g/mol. The zero-order valence-corrected chi connectivity index (χ0v) is 9.59. The highest BCUT2D eigenvalue weighted by atomic mass is 19.4. The molecule has 1 atom stereocenters. The topological polar surface area (TPSA) is 20.3 Å². The van der Waals surface area contributed by atoms with E-state index >= 15 is 0 Å². The molecule has 1 amide bonds. The van der Waals surface area contributed by atoms with Crippen molar-refractivity contribution >= 4 is 5.91 Å². The van der Waals surface area contributed by atoms with Gasteiger partial charge in [0.2, 0.25) is 5.91 Å². The first-order valence-corrected chi connectivity index (χ1v) is 5.87. The van der Waals surface area contributed by atoms with Gasteiger partial charge in [-0.1, -0.05) is 13.0 Å². The maximum Gasteiger partial charge on any atom is 0.392 e. The predicted molar refractivity (Wildman–Crippen MR) is 57.2 cm³/mol. The van der Waals surface area contributed by atoms with Crippen molar-refractivity contribution in [2.45, 2.75) is 31.9 Å². The van der Waals surface area contributed by atoms with Gasteiger partial charge >= 0.3 is 6.18 Å². The summed E-state index contributed by atoms with van der Waals surface area (Å²) in [6.45, 7) is 3.81. The van der Waals surface area contributed by atoms with Crippen molar-refractivity contribution in [3.05, 3.63) is 12.7 Å².